The summed E-state index contributed by atoms with van der Waals surface area (Å²) in [6.07, 6.45) is 10.5. The van der Waals surface area contributed by atoms with E-state index in [1.807, 2.05) is 30.3 Å². The van der Waals surface area contributed by atoms with Gasteiger partial charge in [0.1, 0.15) is 6.10 Å². The first-order chi connectivity index (χ1) is 18.0. The van der Waals surface area contributed by atoms with Crippen LogP contribution in [0.5, 0.6) is 5.88 Å². The van der Waals surface area contributed by atoms with Crippen LogP contribution in [0.15, 0.2) is 48.7 Å². The minimum absolute atomic E-state index is 0.132. The van der Waals surface area contributed by atoms with Crippen molar-refractivity contribution in [3.05, 3.63) is 53.7 Å². The van der Waals surface area contributed by atoms with Crippen molar-refractivity contribution in [2.75, 3.05) is 10.6 Å². The normalized spacial score (nSPS) is 23.4. The van der Waals surface area contributed by atoms with Gasteiger partial charge in [0.25, 0.3) is 5.91 Å². The second-order valence-electron chi connectivity index (χ2n) is 10.1. The van der Waals surface area contributed by atoms with Crippen molar-refractivity contribution in [2.45, 2.75) is 63.9 Å². The molecule has 37 heavy (non-hydrogen) atoms. The molecule has 2 saturated carbocycles. The first-order valence-corrected chi connectivity index (χ1v) is 13.6. The Bertz CT molecular complexity index is 1200. The fourth-order valence-electron chi connectivity index (χ4n) is 5.45. The van der Waals surface area contributed by atoms with Gasteiger partial charge in [0.15, 0.2) is 0 Å². The number of benzene rings is 1. The van der Waals surface area contributed by atoms with Gasteiger partial charge >= 0.3 is 5.97 Å². The topological polar surface area (TPSA) is 126 Å². The fraction of sp³-hybridized carbons (Fsp3) is 0.444. The van der Waals surface area contributed by atoms with Gasteiger partial charge in [0.05, 0.1) is 11.9 Å². The van der Waals surface area contributed by atoms with Crippen LogP contribution in [0.25, 0.3) is 0 Å². The maximum atomic E-state index is 12.6. The van der Waals surface area contributed by atoms with E-state index in [4.69, 9.17) is 9.84 Å². The second kappa shape index (κ2) is 11.2. The summed E-state index contributed by atoms with van der Waals surface area (Å²) in [5, 5.41) is 23.8. The lowest BCUT2D eigenvalue weighted by Gasteiger charge is -2.44. The maximum Gasteiger partial charge on any atom is 0.303 e. The molecule has 0 saturated heterocycles. The summed E-state index contributed by atoms with van der Waals surface area (Å²) in [4.78, 5) is 28.0. The van der Waals surface area contributed by atoms with Crippen LogP contribution in [0, 0.1) is 11.3 Å². The van der Waals surface area contributed by atoms with Crippen molar-refractivity contribution >= 4 is 39.7 Å². The molecular weight excluding hydrogens is 490 g/mol. The number of nitrogens with zero attached hydrogens (tertiary/aromatic N) is 3. The molecule has 0 radical (unpaired) electrons. The SMILES string of the molecule is O=C(O)CC1CCC2(CC1)CCC(Oc1ccc(NC(=O)c3nnc(Nc4ccccc4)s3)cn1)CC2. The molecule has 2 aliphatic carbocycles. The Morgan fingerprint density at radius 2 is 1.70 bits per heavy atom. The van der Waals surface area contributed by atoms with E-state index < -0.39 is 5.97 Å². The van der Waals surface area contributed by atoms with E-state index >= 15 is 0 Å². The third kappa shape index (κ3) is 6.62. The predicted octanol–water partition coefficient (Wildman–Crippen LogP) is 5.90. The highest BCUT2D eigenvalue weighted by Gasteiger charge is 2.39. The van der Waals surface area contributed by atoms with E-state index in [0.29, 0.717) is 34.5 Å². The number of carbonyl (C=O) groups excluding carboxylic acids is 1. The number of hydrogen-bond donors (Lipinski definition) is 3. The zero-order valence-corrected chi connectivity index (χ0v) is 21.4. The summed E-state index contributed by atoms with van der Waals surface area (Å²) in [5.74, 6) is -0.138. The second-order valence-corrected chi connectivity index (χ2v) is 11.1. The molecule has 2 aliphatic rings. The zero-order valence-electron chi connectivity index (χ0n) is 20.6. The highest BCUT2D eigenvalue weighted by Crippen LogP contribution is 2.49. The van der Waals surface area contributed by atoms with Crippen molar-refractivity contribution < 1.29 is 19.4 Å². The molecule has 3 aromatic rings. The number of anilines is 3. The van der Waals surface area contributed by atoms with Crippen molar-refractivity contribution in [1.82, 2.24) is 15.2 Å². The van der Waals surface area contributed by atoms with Gasteiger partial charge in [0.2, 0.25) is 16.0 Å². The van der Waals surface area contributed by atoms with Crippen LogP contribution in [0.4, 0.5) is 16.5 Å². The van der Waals surface area contributed by atoms with Crippen LogP contribution in [0.2, 0.25) is 0 Å². The van der Waals surface area contributed by atoms with E-state index in [1.165, 1.54) is 11.3 Å². The number of nitrogens with one attached hydrogen (secondary N) is 2. The largest absolute Gasteiger partial charge is 0.481 e. The number of pyridine rings is 1. The first kappa shape index (κ1) is 25.1. The number of hydrogen-bond acceptors (Lipinski definition) is 8. The van der Waals surface area contributed by atoms with Crippen LogP contribution < -0.4 is 15.4 Å². The van der Waals surface area contributed by atoms with E-state index in [9.17, 15) is 9.59 Å². The molecule has 2 heterocycles. The van der Waals surface area contributed by atoms with Crippen LogP contribution in [-0.2, 0) is 4.79 Å². The third-order valence-corrected chi connectivity index (χ3v) is 8.39. The number of aliphatic carboxylic acids is 1. The van der Waals surface area contributed by atoms with Crippen molar-refractivity contribution in [2.24, 2.45) is 11.3 Å². The Morgan fingerprint density at radius 1 is 0.973 bits per heavy atom. The van der Waals surface area contributed by atoms with Gasteiger partial charge in [-0.15, -0.1) is 10.2 Å². The smallest absolute Gasteiger partial charge is 0.303 e. The lowest BCUT2D eigenvalue weighted by Crippen LogP contribution is -2.35. The van der Waals surface area contributed by atoms with Gasteiger partial charge in [-0.2, -0.15) is 0 Å². The molecule has 1 spiro atoms. The van der Waals surface area contributed by atoms with Crippen molar-refractivity contribution in [3.63, 3.8) is 0 Å². The molecule has 3 N–H and O–H groups in total. The van der Waals surface area contributed by atoms with Gasteiger partial charge in [-0.25, -0.2) is 4.98 Å². The van der Waals surface area contributed by atoms with E-state index in [-0.39, 0.29) is 17.0 Å². The molecule has 2 fully saturated rings. The molecule has 0 unspecified atom stereocenters. The Kier molecular flexibility index (Phi) is 7.64. The number of para-hydroxylation sites is 1. The monoisotopic (exact) mass is 521 g/mol. The highest BCUT2D eigenvalue weighted by atomic mass is 32.1. The Labute approximate surface area is 219 Å². The minimum atomic E-state index is -0.679. The molecule has 10 heteroatoms. The quantitative estimate of drug-likeness (QED) is 0.334. The molecule has 0 atom stereocenters. The summed E-state index contributed by atoms with van der Waals surface area (Å²) in [7, 11) is 0. The van der Waals surface area contributed by atoms with E-state index in [2.05, 4.69) is 25.8 Å². The molecule has 9 nitrogen and oxygen atoms in total. The van der Waals surface area contributed by atoms with Crippen LogP contribution in [0.1, 0.15) is 67.6 Å². The van der Waals surface area contributed by atoms with Crippen LogP contribution >= 0.6 is 11.3 Å². The van der Waals surface area contributed by atoms with Gasteiger partial charge in [0, 0.05) is 18.2 Å². The number of rotatable bonds is 8. The Hall–Kier alpha value is -3.53. The molecule has 0 aliphatic heterocycles. The average Bonchev–Trinajstić information content (AvgIpc) is 3.37. The number of carboxylic acid groups (broad SMARTS) is 1. The maximum absolute atomic E-state index is 12.6. The van der Waals surface area contributed by atoms with E-state index in [1.54, 1.807) is 18.3 Å². The number of amides is 1. The van der Waals surface area contributed by atoms with Gasteiger partial charge in [-0.05, 0) is 80.9 Å². The van der Waals surface area contributed by atoms with Gasteiger partial charge in [-0.1, -0.05) is 29.5 Å². The predicted molar refractivity (Wildman–Crippen MR) is 141 cm³/mol. The standard InChI is InChI=1S/C27H31N5O4S/c33-23(34)16-18-8-12-27(13-9-18)14-10-21(11-15-27)36-22-7-6-20(17-28-22)29-24(35)25-31-32-26(37-25)30-19-4-2-1-3-5-19/h1-7,17-18,21H,8-16H2,(H,29,35)(H,30,32)(H,33,34). The molecule has 1 amide bonds. The molecule has 1 aromatic carbocycles. The average molecular weight is 522 g/mol. The summed E-state index contributed by atoms with van der Waals surface area (Å²) in [6.45, 7) is 0. The molecule has 5 rings (SSSR count). The number of carboxylic acids is 1. The molecule has 194 valence electrons. The van der Waals surface area contributed by atoms with Crippen molar-refractivity contribution in [1.29, 1.82) is 0 Å². The van der Waals surface area contributed by atoms with Crippen LogP contribution in [-0.4, -0.2) is 38.3 Å². The Morgan fingerprint density at radius 3 is 2.38 bits per heavy atom. The zero-order chi connectivity index (χ0) is 25.7. The highest BCUT2D eigenvalue weighted by molar-refractivity contribution is 7.17. The summed E-state index contributed by atoms with van der Waals surface area (Å²) >= 11 is 1.18. The molecule has 2 aromatic heterocycles. The van der Waals surface area contributed by atoms with Crippen molar-refractivity contribution in [3.8, 4) is 5.88 Å². The number of carbonyl (C=O) groups is 2. The molecule has 0 bridgehead atoms. The van der Waals surface area contributed by atoms with E-state index in [0.717, 1.165) is 57.1 Å². The lowest BCUT2D eigenvalue weighted by molar-refractivity contribution is -0.138. The lowest BCUT2D eigenvalue weighted by atomic mass is 9.62. The van der Waals surface area contributed by atoms with Gasteiger partial charge in [-0.3, -0.25) is 9.59 Å². The number of ether oxygens (including phenoxy) is 1. The summed E-state index contributed by atoms with van der Waals surface area (Å²) < 4.78 is 6.14. The summed E-state index contributed by atoms with van der Waals surface area (Å²) in [6, 6.07) is 13.1. The number of aromatic nitrogens is 3. The van der Waals surface area contributed by atoms with Gasteiger partial charge < -0.3 is 20.5 Å². The first-order valence-electron chi connectivity index (χ1n) is 12.8. The fourth-order valence-corrected chi connectivity index (χ4v) is 6.11. The summed E-state index contributed by atoms with van der Waals surface area (Å²) in [5.41, 5.74) is 1.80. The third-order valence-electron chi connectivity index (χ3n) is 7.55. The Balaban J connectivity index is 1.08. The minimum Gasteiger partial charge on any atom is -0.481 e. The van der Waals surface area contributed by atoms with Crippen LogP contribution in [0.3, 0.4) is 0 Å². The molecular formula is C27H31N5O4S.